The van der Waals surface area contributed by atoms with Crippen LogP contribution in [0.1, 0.15) is 23.7 Å². The number of alkyl halides is 3. The molecule has 3 unspecified atom stereocenters. The summed E-state index contributed by atoms with van der Waals surface area (Å²) in [7, 11) is 1.52. The van der Waals surface area contributed by atoms with E-state index in [0.717, 1.165) is 12.1 Å². The second kappa shape index (κ2) is 8.78. The zero-order valence-corrected chi connectivity index (χ0v) is 17.7. The van der Waals surface area contributed by atoms with Gasteiger partial charge in [0.1, 0.15) is 17.6 Å². The van der Waals surface area contributed by atoms with Crippen LogP contribution in [0.3, 0.4) is 0 Å². The third-order valence-electron chi connectivity index (χ3n) is 5.47. The van der Waals surface area contributed by atoms with E-state index in [1.807, 2.05) is 0 Å². The Morgan fingerprint density at radius 1 is 0.971 bits per heavy atom. The van der Waals surface area contributed by atoms with Gasteiger partial charge >= 0.3 is 24.2 Å². The van der Waals surface area contributed by atoms with Gasteiger partial charge < -0.3 is 29.2 Å². The molecule has 0 aromatic heterocycles. The molecule has 0 saturated carbocycles. The minimum absolute atomic E-state index is 0.168. The molecule has 0 aliphatic carbocycles. The van der Waals surface area contributed by atoms with Gasteiger partial charge in [-0.15, -0.1) is 13.2 Å². The SMILES string of the molecule is CN1CCC(Oc2ccc(OC(F)(F)F)cc2)c2ccccc2C12OC(=O)C(O)C(O)C(=O)O2. The third-order valence-corrected chi connectivity index (χ3v) is 5.47. The Balaban J connectivity index is 1.68. The lowest BCUT2D eigenvalue weighted by molar-refractivity contribution is -0.288. The summed E-state index contributed by atoms with van der Waals surface area (Å²) in [6, 6.07) is 11.3. The fourth-order valence-electron chi connectivity index (χ4n) is 3.83. The first kappa shape index (κ1) is 23.8. The number of carbonyl (C=O) groups excluding carboxylic acids is 2. The molecule has 0 radical (unpaired) electrons. The first-order valence-electron chi connectivity index (χ1n) is 10.1. The van der Waals surface area contributed by atoms with E-state index in [1.54, 1.807) is 24.3 Å². The maximum Gasteiger partial charge on any atom is 0.573 e. The lowest BCUT2D eigenvalue weighted by Gasteiger charge is -2.37. The topological polar surface area (TPSA) is 115 Å². The summed E-state index contributed by atoms with van der Waals surface area (Å²) in [5, 5.41) is 19.8. The molecular weight excluding hydrogens is 463 g/mol. The van der Waals surface area contributed by atoms with Crippen LogP contribution in [0.25, 0.3) is 0 Å². The number of benzene rings is 2. The maximum atomic E-state index is 12.4. The van der Waals surface area contributed by atoms with Crippen molar-refractivity contribution in [3.63, 3.8) is 0 Å². The molecule has 2 aliphatic heterocycles. The van der Waals surface area contributed by atoms with Crippen molar-refractivity contribution in [1.82, 2.24) is 4.90 Å². The minimum Gasteiger partial charge on any atom is -0.486 e. The highest BCUT2D eigenvalue weighted by Crippen LogP contribution is 2.43. The summed E-state index contributed by atoms with van der Waals surface area (Å²) in [5.74, 6) is -4.74. The zero-order chi connectivity index (χ0) is 24.7. The highest BCUT2D eigenvalue weighted by Gasteiger charge is 2.54. The number of carbonyl (C=O) groups is 2. The first-order chi connectivity index (χ1) is 16.0. The lowest BCUT2D eigenvalue weighted by atomic mass is 9.99. The Morgan fingerprint density at radius 3 is 2.12 bits per heavy atom. The lowest BCUT2D eigenvalue weighted by Crippen LogP contribution is -2.50. The summed E-state index contributed by atoms with van der Waals surface area (Å²) in [4.78, 5) is 26.2. The van der Waals surface area contributed by atoms with Gasteiger partial charge in [0.25, 0.3) is 0 Å². The van der Waals surface area contributed by atoms with Crippen molar-refractivity contribution >= 4 is 11.9 Å². The van der Waals surface area contributed by atoms with Gasteiger partial charge in [0.05, 0.1) is 5.56 Å². The number of hydrogen-bond acceptors (Lipinski definition) is 9. The van der Waals surface area contributed by atoms with Crippen LogP contribution in [0.4, 0.5) is 13.2 Å². The van der Waals surface area contributed by atoms with E-state index in [2.05, 4.69) is 4.74 Å². The molecule has 2 aliphatic rings. The largest absolute Gasteiger partial charge is 0.573 e. The molecule has 34 heavy (non-hydrogen) atoms. The number of nitrogens with zero attached hydrogens (tertiary/aromatic N) is 1. The minimum atomic E-state index is -4.82. The van der Waals surface area contributed by atoms with Crippen LogP contribution in [0.5, 0.6) is 11.5 Å². The molecule has 9 nitrogen and oxygen atoms in total. The average Bonchev–Trinajstić information content (AvgIpc) is 2.94. The summed E-state index contributed by atoms with van der Waals surface area (Å²) in [5.41, 5.74) is 0.689. The molecule has 4 rings (SSSR count). The first-order valence-corrected chi connectivity index (χ1v) is 10.1. The Kier molecular flexibility index (Phi) is 6.14. The van der Waals surface area contributed by atoms with Gasteiger partial charge in [0.2, 0.25) is 0 Å². The van der Waals surface area contributed by atoms with E-state index >= 15 is 0 Å². The standard InChI is InChI=1S/C22H20F3NO8/c1-26-11-10-16(31-12-6-8-13(9-7-12)32-22(23,24)25)14-4-2-3-5-15(14)21(26)33-19(29)17(27)18(28)20(30)34-21/h2-9,16-18,27-28H,10-11H2,1H3. The molecule has 2 heterocycles. The molecule has 3 atom stereocenters. The number of aliphatic hydroxyl groups excluding tert-OH is 2. The van der Waals surface area contributed by atoms with Gasteiger partial charge in [0, 0.05) is 18.5 Å². The van der Waals surface area contributed by atoms with Crippen molar-refractivity contribution in [1.29, 1.82) is 0 Å². The molecule has 1 fully saturated rings. The van der Waals surface area contributed by atoms with Gasteiger partial charge in [0.15, 0.2) is 12.2 Å². The smallest absolute Gasteiger partial charge is 0.486 e. The number of fused-ring (bicyclic) bond motifs is 2. The monoisotopic (exact) mass is 483 g/mol. The molecule has 0 amide bonds. The third kappa shape index (κ3) is 4.52. The molecule has 2 aromatic rings. The molecule has 2 N–H and O–H groups in total. The highest BCUT2D eigenvalue weighted by atomic mass is 19.4. The predicted molar refractivity (Wildman–Crippen MR) is 106 cm³/mol. The molecule has 2 aromatic carbocycles. The molecule has 1 spiro atoms. The number of halogens is 3. The van der Waals surface area contributed by atoms with Crippen molar-refractivity contribution in [2.45, 2.75) is 37.0 Å². The van der Waals surface area contributed by atoms with Crippen molar-refractivity contribution in [3.8, 4) is 11.5 Å². The Labute approximate surface area is 191 Å². The fourth-order valence-corrected chi connectivity index (χ4v) is 3.83. The Bertz CT molecular complexity index is 1050. The van der Waals surface area contributed by atoms with Crippen molar-refractivity contribution in [2.24, 2.45) is 0 Å². The molecule has 12 heteroatoms. The summed E-state index contributed by atoms with van der Waals surface area (Å²) in [6.45, 7) is 0.168. The normalized spacial score (nSPS) is 27.8. The molecular formula is C22H20F3NO8. The molecule has 1 saturated heterocycles. The van der Waals surface area contributed by atoms with E-state index < -0.39 is 48.3 Å². The predicted octanol–water partition coefficient (Wildman–Crippen LogP) is 1.97. The van der Waals surface area contributed by atoms with E-state index in [1.165, 1.54) is 24.1 Å². The maximum absolute atomic E-state index is 12.4. The van der Waals surface area contributed by atoms with Crippen molar-refractivity contribution in [2.75, 3.05) is 13.6 Å². The van der Waals surface area contributed by atoms with Crippen LogP contribution in [0, 0.1) is 0 Å². The van der Waals surface area contributed by atoms with Crippen molar-refractivity contribution < 1.29 is 51.9 Å². The zero-order valence-electron chi connectivity index (χ0n) is 17.7. The number of ether oxygens (including phenoxy) is 4. The van der Waals surface area contributed by atoms with Crippen LogP contribution < -0.4 is 9.47 Å². The Hall–Kier alpha value is -3.35. The quantitative estimate of drug-likeness (QED) is 0.633. The van der Waals surface area contributed by atoms with E-state index in [0.29, 0.717) is 12.0 Å². The number of hydrogen-bond donors (Lipinski definition) is 2. The number of rotatable bonds is 3. The van der Waals surface area contributed by atoms with Crippen LogP contribution in [-0.2, 0) is 25.0 Å². The van der Waals surface area contributed by atoms with E-state index in [9.17, 15) is 33.0 Å². The average molecular weight is 483 g/mol. The van der Waals surface area contributed by atoms with Gasteiger partial charge in [-0.3, -0.25) is 0 Å². The summed E-state index contributed by atoms with van der Waals surface area (Å²) >= 11 is 0. The van der Waals surface area contributed by atoms with E-state index in [-0.39, 0.29) is 17.9 Å². The van der Waals surface area contributed by atoms with Crippen molar-refractivity contribution in [3.05, 3.63) is 59.7 Å². The van der Waals surface area contributed by atoms with E-state index in [4.69, 9.17) is 14.2 Å². The van der Waals surface area contributed by atoms with Gasteiger partial charge in [-0.25, -0.2) is 14.5 Å². The van der Waals surface area contributed by atoms with Gasteiger partial charge in [-0.1, -0.05) is 18.2 Å². The summed E-state index contributed by atoms with van der Waals surface area (Å²) in [6.07, 6.45) is -9.45. The Morgan fingerprint density at radius 2 is 1.53 bits per heavy atom. The highest BCUT2D eigenvalue weighted by molar-refractivity contribution is 5.87. The second-order valence-corrected chi connectivity index (χ2v) is 7.74. The number of aliphatic hydroxyl groups is 2. The second-order valence-electron chi connectivity index (χ2n) is 7.74. The van der Waals surface area contributed by atoms with Crippen LogP contribution in [0.15, 0.2) is 48.5 Å². The van der Waals surface area contributed by atoms with Crippen LogP contribution in [0.2, 0.25) is 0 Å². The fraction of sp³-hybridized carbons (Fsp3) is 0.364. The van der Waals surface area contributed by atoms with Gasteiger partial charge in [-0.05, 0) is 37.4 Å². The van der Waals surface area contributed by atoms with Gasteiger partial charge in [-0.2, -0.15) is 0 Å². The summed E-state index contributed by atoms with van der Waals surface area (Å²) < 4.78 is 58.0. The molecule has 0 bridgehead atoms. The number of esters is 2. The van der Waals surface area contributed by atoms with Crippen LogP contribution >= 0.6 is 0 Å². The van der Waals surface area contributed by atoms with Crippen LogP contribution in [-0.4, -0.2) is 59.2 Å². The molecule has 182 valence electrons.